The van der Waals surface area contributed by atoms with Gasteiger partial charge in [0.25, 0.3) is 0 Å². The van der Waals surface area contributed by atoms with Gasteiger partial charge in [-0.3, -0.25) is 9.32 Å². The first-order valence-corrected chi connectivity index (χ1v) is 12.5. The van der Waals surface area contributed by atoms with Crippen molar-refractivity contribution in [3.63, 3.8) is 0 Å². The molecule has 0 aliphatic heterocycles. The van der Waals surface area contributed by atoms with E-state index in [1.54, 1.807) is 67.8 Å². The molecule has 0 bridgehead atoms. The van der Waals surface area contributed by atoms with E-state index in [1.807, 2.05) is 0 Å². The summed E-state index contributed by atoms with van der Waals surface area (Å²) in [5, 5.41) is 10.4. The van der Waals surface area contributed by atoms with Crippen LogP contribution in [0.2, 0.25) is 0 Å². The number of aliphatic hydroxyl groups excluding tert-OH is 1. The van der Waals surface area contributed by atoms with E-state index in [0.717, 1.165) is 5.56 Å². The Morgan fingerprint density at radius 1 is 0.944 bits per heavy atom. The molecule has 4 rings (SSSR count). The summed E-state index contributed by atoms with van der Waals surface area (Å²) in [6.07, 6.45) is 0.520. The molecule has 0 aliphatic carbocycles. The van der Waals surface area contributed by atoms with Crippen LogP contribution in [-0.4, -0.2) is 40.8 Å². The molecule has 190 valence electrons. The normalized spacial score (nSPS) is 13.6. The summed E-state index contributed by atoms with van der Waals surface area (Å²) >= 11 is 0. The van der Waals surface area contributed by atoms with E-state index in [4.69, 9.17) is 29.4 Å². The van der Waals surface area contributed by atoms with Crippen molar-refractivity contribution >= 4 is 29.8 Å². The molecule has 1 heterocycles. The van der Waals surface area contributed by atoms with E-state index < -0.39 is 26.6 Å². The van der Waals surface area contributed by atoms with Gasteiger partial charge in [-0.15, -0.1) is 0 Å². The highest BCUT2D eigenvalue weighted by atomic mass is 31.2. The lowest BCUT2D eigenvalue weighted by atomic mass is 9.93. The van der Waals surface area contributed by atoms with Crippen LogP contribution in [0.15, 0.2) is 69.9 Å². The lowest BCUT2D eigenvalue weighted by Crippen LogP contribution is -2.48. The van der Waals surface area contributed by atoms with Crippen LogP contribution in [0.5, 0.6) is 17.2 Å². The van der Waals surface area contributed by atoms with Gasteiger partial charge in [-0.1, -0.05) is 6.07 Å². The van der Waals surface area contributed by atoms with Crippen LogP contribution in [0.4, 0.5) is 0 Å². The van der Waals surface area contributed by atoms with E-state index in [1.165, 1.54) is 0 Å². The van der Waals surface area contributed by atoms with Crippen LogP contribution in [0.25, 0.3) is 21.9 Å². The zero-order chi connectivity index (χ0) is 25.9. The van der Waals surface area contributed by atoms with Crippen LogP contribution in [-0.2, 0) is 15.5 Å². The van der Waals surface area contributed by atoms with Gasteiger partial charge in [0.1, 0.15) is 28.4 Å². The molecule has 0 radical (unpaired) electrons. The molecule has 0 saturated heterocycles. The number of hydrogen-bond acceptors (Lipinski definition) is 8. The van der Waals surface area contributed by atoms with Crippen LogP contribution in [0.1, 0.15) is 12.0 Å². The Hall–Kier alpha value is -3.24. The van der Waals surface area contributed by atoms with Crippen molar-refractivity contribution in [1.29, 1.82) is 0 Å². The highest BCUT2D eigenvalue weighted by molar-refractivity contribution is 7.46. The van der Waals surface area contributed by atoms with Crippen molar-refractivity contribution in [1.82, 2.24) is 0 Å². The number of hydrogen-bond donors (Lipinski definition) is 4. The van der Waals surface area contributed by atoms with Crippen LogP contribution >= 0.6 is 7.82 Å². The minimum atomic E-state index is -4.72. The van der Waals surface area contributed by atoms with Gasteiger partial charge in [-0.25, -0.2) is 4.57 Å². The van der Waals surface area contributed by atoms with E-state index >= 15 is 0 Å². The second-order valence-electron chi connectivity index (χ2n) is 8.48. The maximum absolute atomic E-state index is 13.0. The van der Waals surface area contributed by atoms with E-state index in [0.29, 0.717) is 45.6 Å². The minimum Gasteiger partial charge on any atom is -0.497 e. The number of benzene rings is 3. The summed E-state index contributed by atoms with van der Waals surface area (Å²) in [4.78, 5) is 30.8. The quantitative estimate of drug-likeness (QED) is 0.182. The zero-order valence-corrected chi connectivity index (χ0v) is 20.3. The molecule has 0 saturated carbocycles. The standard InChI is InChI=1S/C25H26NO9P/c1-32-17-3-5-18(6-4-17)34-19-7-9-21-23(13-19)35-22-12-16(2-8-20(22)24(21)28)10-11-25(26,14-27)15-33-36(29,30)31/h2-9,12-13,27H,10-11,14-15,26H2,1H3,(H2,29,30,31). The summed E-state index contributed by atoms with van der Waals surface area (Å²) in [6.45, 7) is -1.05. The maximum Gasteiger partial charge on any atom is 0.469 e. The molecule has 10 nitrogen and oxygen atoms in total. The van der Waals surface area contributed by atoms with Crippen molar-refractivity contribution in [2.24, 2.45) is 5.73 Å². The number of phosphoric ester groups is 1. The van der Waals surface area contributed by atoms with Crippen molar-refractivity contribution in [2.75, 3.05) is 20.3 Å². The van der Waals surface area contributed by atoms with E-state index in [-0.39, 0.29) is 11.8 Å². The molecule has 4 aromatic rings. The number of aryl methyl sites for hydroxylation is 1. The first-order valence-electron chi connectivity index (χ1n) is 11.0. The number of nitrogens with two attached hydrogens (primary N) is 1. The monoisotopic (exact) mass is 515 g/mol. The van der Waals surface area contributed by atoms with Crippen molar-refractivity contribution < 1.29 is 37.9 Å². The topological polar surface area (TPSA) is 162 Å². The molecule has 36 heavy (non-hydrogen) atoms. The van der Waals surface area contributed by atoms with Gasteiger partial charge in [0.15, 0.2) is 0 Å². The van der Waals surface area contributed by atoms with Gasteiger partial charge in [0, 0.05) is 6.07 Å². The summed E-state index contributed by atoms with van der Waals surface area (Å²) in [5.74, 6) is 1.79. The summed E-state index contributed by atoms with van der Waals surface area (Å²) in [5.41, 5.74) is 5.99. The minimum absolute atomic E-state index is 0.173. The fourth-order valence-electron chi connectivity index (χ4n) is 3.68. The second-order valence-corrected chi connectivity index (χ2v) is 9.72. The number of methoxy groups -OCH3 is 1. The maximum atomic E-state index is 13.0. The lowest BCUT2D eigenvalue weighted by molar-refractivity contribution is 0.102. The third-order valence-corrected chi connectivity index (χ3v) is 6.22. The Bertz CT molecular complexity index is 1480. The molecule has 11 heteroatoms. The molecule has 5 N–H and O–H groups in total. The molecular formula is C25H26NO9P. The number of ether oxygens (including phenoxy) is 2. The van der Waals surface area contributed by atoms with Gasteiger partial charge in [0.2, 0.25) is 5.43 Å². The fourth-order valence-corrected chi connectivity index (χ4v) is 4.10. The largest absolute Gasteiger partial charge is 0.497 e. The first-order chi connectivity index (χ1) is 17.1. The van der Waals surface area contributed by atoms with Gasteiger partial charge in [-0.05, 0) is 66.9 Å². The summed E-state index contributed by atoms with van der Waals surface area (Å²) in [6, 6.07) is 17.2. The van der Waals surface area contributed by atoms with Crippen LogP contribution in [0, 0.1) is 0 Å². The van der Waals surface area contributed by atoms with Crippen LogP contribution in [0.3, 0.4) is 0 Å². The highest BCUT2D eigenvalue weighted by Crippen LogP contribution is 2.37. The Morgan fingerprint density at radius 2 is 1.56 bits per heavy atom. The van der Waals surface area contributed by atoms with E-state index in [2.05, 4.69) is 4.52 Å². The third-order valence-electron chi connectivity index (χ3n) is 5.75. The molecule has 0 amide bonds. The second kappa shape index (κ2) is 10.4. The predicted molar refractivity (Wildman–Crippen MR) is 133 cm³/mol. The van der Waals surface area contributed by atoms with Crippen LogP contribution < -0.4 is 20.6 Å². The molecule has 1 unspecified atom stereocenters. The van der Waals surface area contributed by atoms with Gasteiger partial charge in [-0.2, -0.15) is 0 Å². The average Bonchev–Trinajstić information content (AvgIpc) is 2.86. The van der Waals surface area contributed by atoms with Gasteiger partial charge in [0.05, 0.1) is 36.6 Å². The SMILES string of the molecule is COc1ccc(Oc2ccc3c(=O)c4ccc(CCC(N)(CO)COP(=O)(O)O)cc4oc3c2)cc1. The van der Waals surface area contributed by atoms with Crippen molar-refractivity contribution in [2.45, 2.75) is 18.4 Å². The first kappa shape index (κ1) is 25.8. The number of fused-ring (bicyclic) bond motifs is 2. The smallest absolute Gasteiger partial charge is 0.469 e. The summed E-state index contributed by atoms with van der Waals surface area (Å²) in [7, 11) is -3.14. The number of rotatable bonds is 10. The molecular weight excluding hydrogens is 489 g/mol. The zero-order valence-electron chi connectivity index (χ0n) is 19.4. The lowest BCUT2D eigenvalue weighted by Gasteiger charge is -2.27. The Balaban J connectivity index is 1.58. The Kier molecular flexibility index (Phi) is 7.46. The Labute approximate surface area is 206 Å². The van der Waals surface area contributed by atoms with E-state index in [9.17, 15) is 14.5 Å². The van der Waals surface area contributed by atoms with Crippen molar-refractivity contribution in [3.8, 4) is 17.2 Å². The number of phosphoric acid groups is 1. The molecule has 0 spiro atoms. The predicted octanol–water partition coefficient (Wildman–Crippen LogP) is 3.48. The fraction of sp³-hybridized carbons (Fsp3) is 0.240. The molecule has 0 fully saturated rings. The average molecular weight is 515 g/mol. The van der Waals surface area contributed by atoms with Gasteiger partial charge < -0.3 is 34.5 Å². The molecule has 1 atom stereocenters. The number of aliphatic hydroxyl groups is 1. The Morgan fingerprint density at radius 3 is 2.19 bits per heavy atom. The highest BCUT2D eigenvalue weighted by Gasteiger charge is 2.28. The molecule has 3 aromatic carbocycles. The summed E-state index contributed by atoms with van der Waals surface area (Å²) < 4.78 is 32.5. The third kappa shape index (κ3) is 6.11. The molecule has 1 aromatic heterocycles. The van der Waals surface area contributed by atoms with Crippen molar-refractivity contribution in [3.05, 3.63) is 76.5 Å². The molecule has 0 aliphatic rings. The van der Waals surface area contributed by atoms with Gasteiger partial charge >= 0.3 is 7.82 Å².